The molecule has 0 unspecified atom stereocenters. The fraction of sp³-hybridized carbons (Fsp3) is 0.478. The van der Waals surface area contributed by atoms with Gasteiger partial charge in [-0.2, -0.15) is 21.9 Å². The minimum absolute atomic E-state index is 0.0465. The maximum atomic E-state index is 2.31. The van der Waals surface area contributed by atoms with Gasteiger partial charge >= 0.3 is 0 Å². The van der Waals surface area contributed by atoms with Gasteiger partial charge in [-0.15, -0.1) is 0 Å². The third kappa shape index (κ3) is 8.21. The highest BCUT2D eigenvalue weighted by molar-refractivity contribution is 7.60. The van der Waals surface area contributed by atoms with Gasteiger partial charge in [0, 0.05) is 7.92 Å². The first-order valence-corrected chi connectivity index (χ1v) is 21.5. The van der Waals surface area contributed by atoms with Crippen LogP contribution in [0, 0.1) is 27.7 Å². The van der Waals surface area contributed by atoms with Crippen LogP contribution in [0.4, 0.5) is 0 Å². The van der Waals surface area contributed by atoms with Crippen molar-refractivity contribution in [2.24, 2.45) is 0 Å². The maximum absolute atomic E-state index is 2.31. The van der Waals surface area contributed by atoms with E-state index in [2.05, 4.69) is 125 Å². The van der Waals surface area contributed by atoms with Crippen molar-refractivity contribution < 1.29 is 0 Å². The van der Waals surface area contributed by atoms with Crippen molar-refractivity contribution in [1.29, 1.82) is 0 Å². The van der Waals surface area contributed by atoms with E-state index in [0.29, 0.717) is 0 Å². The molecule has 0 amide bonds. The third-order valence-corrected chi connectivity index (χ3v) is 17.1. The highest BCUT2D eigenvalue weighted by Gasteiger charge is 2.43. The highest BCUT2D eigenvalue weighted by Crippen LogP contribution is 2.61. The van der Waals surface area contributed by atoms with E-state index < -0.39 is 6.15 Å². The molecule has 3 aliphatic carbocycles. The molecule has 7 rings (SSSR count). The van der Waals surface area contributed by atoms with Crippen molar-refractivity contribution in [3.63, 3.8) is 0 Å². The molecule has 48 heavy (non-hydrogen) atoms. The van der Waals surface area contributed by atoms with Crippen LogP contribution in [-0.2, 0) is 0 Å². The normalized spacial score (nSPS) is 18.4. The van der Waals surface area contributed by atoms with E-state index in [0.717, 1.165) is 0 Å². The summed E-state index contributed by atoms with van der Waals surface area (Å²) in [6, 6.07) is 36.4. The Balaban J connectivity index is 0.000000182. The monoisotopic (exact) mass is 656 g/mol. The Hall–Kier alpha value is -2.63. The lowest BCUT2D eigenvalue weighted by Gasteiger charge is -2.44. The number of benzene rings is 4. The van der Waals surface area contributed by atoms with Crippen molar-refractivity contribution in [3.05, 3.63) is 119 Å². The van der Waals surface area contributed by atoms with Crippen LogP contribution in [0.5, 0.6) is 0 Å². The topological polar surface area (TPSA) is 0 Å². The predicted octanol–water partition coefficient (Wildman–Crippen LogP) is 10.5. The molecule has 0 saturated heterocycles. The maximum Gasteiger partial charge on any atom is 0.108 e. The molecule has 4 aromatic rings. The predicted molar refractivity (Wildman–Crippen MR) is 218 cm³/mol. The minimum atomic E-state index is -1.27. The average molecular weight is 657 g/mol. The second-order valence-corrected chi connectivity index (χ2v) is 19.5. The Morgan fingerprint density at radius 2 is 0.542 bits per heavy atom. The van der Waals surface area contributed by atoms with Gasteiger partial charge in [-0.1, -0.05) is 139 Å². The fourth-order valence-corrected chi connectivity index (χ4v) is 15.1. The molecular formula is C46H62BP. The Morgan fingerprint density at radius 1 is 0.333 bits per heavy atom. The summed E-state index contributed by atoms with van der Waals surface area (Å²) in [5.74, 6) is 0. The lowest BCUT2D eigenvalue weighted by Crippen LogP contribution is -2.74. The number of aryl methyl sites for hydroxylation is 4. The van der Waals surface area contributed by atoms with Crippen molar-refractivity contribution in [3.8, 4) is 0 Å². The SMILES string of the molecule is C1CCC([PH+](C2CCCCC2)C2CCCCC2)CC1.Cc1ccc([B-](c2ccc(C)cc2)(c2ccc(C)cc2)c2ccc(C)cc2)cc1. The summed E-state index contributed by atoms with van der Waals surface area (Å²) in [6.45, 7) is 8.62. The summed E-state index contributed by atoms with van der Waals surface area (Å²) in [5.41, 5.74) is 14.2. The summed E-state index contributed by atoms with van der Waals surface area (Å²) in [4.78, 5) is 0. The zero-order chi connectivity index (χ0) is 33.3. The molecular weight excluding hydrogens is 594 g/mol. The number of rotatable bonds is 7. The average Bonchev–Trinajstić information content (AvgIpc) is 3.13. The van der Waals surface area contributed by atoms with Crippen molar-refractivity contribution in [1.82, 2.24) is 0 Å². The Kier molecular flexibility index (Phi) is 12.4. The van der Waals surface area contributed by atoms with Crippen molar-refractivity contribution in [2.75, 3.05) is 0 Å². The lowest BCUT2D eigenvalue weighted by atomic mass is 9.13. The van der Waals surface area contributed by atoms with Crippen LogP contribution in [-0.4, -0.2) is 23.1 Å². The smallest absolute Gasteiger partial charge is 0.108 e. The number of hydrogen-bond donors (Lipinski definition) is 0. The van der Waals surface area contributed by atoms with Crippen LogP contribution in [0.2, 0.25) is 0 Å². The van der Waals surface area contributed by atoms with Gasteiger partial charge in [0.05, 0.1) is 17.0 Å². The molecule has 0 bridgehead atoms. The standard InChI is InChI=1S/C28H28B.C18H33P/c1-21-5-13-25(14-6-21)29(26-15-7-22(2)8-16-26,27-17-9-23(3)10-18-27)28-19-11-24(4)12-20-28;1-4-10-16(11-5-1)19(17-12-6-2-7-13-17)18-14-8-3-9-15-18/h5-20H,1-4H3;16-18H,1-15H2/q-1;/p+1. The van der Waals surface area contributed by atoms with E-state index in [1.165, 1.54) is 61.1 Å². The Bertz CT molecular complexity index is 1290. The molecule has 0 heterocycles. The fourth-order valence-electron chi connectivity index (χ4n) is 9.88. The van der Waals surface area contributed by atoms with Crippen LogP contribution in [0.1, 0.15) is 119 Å². The summed E-state index contributed by atoms with van der Waals surface area (Å²) in [5, 5.41) is 0. The Morgan fingerprint density at radius 3 is 0.750 bits per heavy atom. The molecule has 0 aliphatic heterocycles. The minimum Gasteiger partial charge on any atom is -0.195 e. The lowest BCUT2D eigenvalue weighted by molar-refractivity contribution is 0.460. The quantitative estimate of drug-likeness (QED) is 0.137. The molecule has 0 nitrogen and oxygen atoms in total. The van der Waals surface area contributed by atoms with Gasteiger partial charge in [0.2, 0.25) is 0 Å². The first-order valence-electron chi connectivity index (χ1n) is 19.8. The molecule has 3 fully saturated rings. The molecule has 2 heteroatoms. The molecule has 0 radical (unpaired) electrons. The summed E-state index contributed by atoms with van der Waals surface area (Å²) in [6.07, 6.45) is 22.5. The number of hydrogen-bond acceptors (Lipinski definition) is 0. The molecule has 3 aliphatic rings. The van der Waals surface area contributed by atoms with Gasteiger partial charge < -0.3 is 0 Å². The zero-order valence-electron chi connectivity index (χ0n) is 30.7. The first-order chi connectivity index (χ1) is 23.4. The highest BCUT2D eigenvalue weighted by atomic mass is 31.1. The van der Waals surface area contributed by atoms with Gasteiger partial charge in [0.1, 0.15) is 6.15 Å². The van der Waals surface area contributed by atoms with Gasteiger partial charge in [-0.25, -0.2) is 0 Å². The first kappa shape index (κ1) is 35.2. The Labute approximate surface area is 295 Å². The molecule has 0 spiro atoms. The van der Waals surface area contributed by atoms with Crippen molar-refractivity contribution in [2.45, 2.75) is 141 Å². The van der Waals surface area contributed by atoms with E-state index in [4.69, 9.17) is 0 Å². The summed E-state index contributed by atoms with van der Waals surface area (Å²) >= 11 is 0. The molecule has 0 aromatic heterocycles. The second-order valence-electron chi connectivity index (χ2n) is 16.0. The van der Waals surface area contributed by atoms with Gasteiger partial charge in [-0.3, -0.25) is 0 Å². The summed E-state index contributed by atoms with van der Waals surface area (Å²) in [7, 11) is -0.0465. The largest absolute Gasteiger partial charge is 0.195 e. The second kappa shape index (κ2) is 16.9. The van der Waals surface area contributed by atoms with Gasteiger partial charge in [0.15, 0.2) is 0 Å². The van der Waals surface area contributed by atoms with Crippen LogP contribution >= 0.6 is 7.92 Å². The van der Waals surface area contributed by atoms with E-state index in [1.807, 2.05) is 0 Å². The zero-order valence-corrected chi connectivity index (χ0v) is 31.7. The van der Waals surface area contributed by atoms with Crippen LogP contribution in [0.25, 0.3) is 0 Å². The summed E-state index contributed by atoms with van der Waals surface area (Å²) < 4.78 is 0. The molecule has 0 atom stereocenters. The molecule has 4 aromatic carbocycles. The van der Waals surface area contributed by atoms with Gasteiger partial charge in [-0.05, 0) is 105 Å². The van der Waals surface area contributed by atoms with Gasteiger partial charge in [0.25, 0.3) is 0 Å². The van der Waals surface area contributed by atoms with Crippen LogP contribution in [0.15, 0.2) is 97.1 Å². The van der Waals surface area contributed by atoms with E-state index >= 15 is 0 Å². The molecule has 0 N–H and O–H groups in total. The molecule has 3 saturated carbocycles. The van der Waals surface area contributed by atoms with E-state index in [-0.39, 0.29) is 7.92 Å². The van der Waals surface area contributed by atoms with E-state index in [1.54, 1.807) is 96.3 Å². The molecule has 254 valence electrons. The van der Waals surface area contributed by atoms with Crippen molar-refractivity contribution >= 4 is 35.9 Å². The van der Waals surface area contributed by atoms with Crippen LogP contribution < -0.4 is 21.9 Å². The third-order valence-electron chi connectivity index (χ3n) is 12.5. The van der Waals surface area contributed by atoms with Crippen LogP contribution in [0.3, 0.4) is 0 Å². The van der Waals surface area contributed by atoms with E-state index in [9.17, 15) is 0 Å².